The number of likely N-dealkylation sites (N-methyl/N-ethyl adjacent to an activating group) is 1. The predicted molar refractivity (Wildman–Crippen MR) is 147 cm³/mol. The molecule has 0 saturated carbocycles. The highest BCUT2D eigenvalue weighted by Crippen LogP contribution is 2.37. The van der Waals surface area contributed by atoms with E-state index < -0.39 is 0 Å². The minimum Gasteiger partial charge on any atom is -0.366 e. The van der Waals surface area contributed by atoms with Crippen LogP contribution in [0.2, 0.25) is 10.0 Å². The summed E-state index contributed by atoms with van der Waals surface area (Å²) >= 11 is 12.7. The summed E-state index contributed by atoms with van der Waals surface area (Å²) in [5.74, 6) is 0.736. The maximum atomic E-state index is 13.3. The van der Waals surface area contributed by atoms with Crippen molar-refractivity contribution < 1.29 is 4.79 Å². The van der Waals surface area contributed by atoms with Crippen LogP contribution in [0, 0.1) is 6.92 Å². The Balaban J connectivity index is 1.37. The number of aryl methyl sites for hydroxylation is 1. The van der Waals surface area contributed by atoms with Gasteiger partial charge in [-0.05, 0) is 56.8 Å². The van der Waals surface area contributed by atoms with Crippen LogP contribution in [0.15, 0.2) is 42.6 Å². The molecular formula is C26H29Cl2N7O. The van der Waals surface area contributed by atoms with Crippen LogP contribution in [-0.4, -0.2) is 67.2 Å². The Hall–Kier alpha value is -3.07. The number of piperazine rings is 1. The molecule has 2 aromatic carbocycles. The SMILES string of the molecule is Cc1cc(Nc2ncc3c(n2)N(C)CN(c2c(Cl)cccc2Cl)C3=O)ccc1N1CCN(C)C[C@H]1C. The number of carbonyl (C=O) groups is 1. The number of rotatable bonds is 4. The van der Waals surface area contributed by atoms with Gasteiger partial charge in [0.2, 0.25) is 5.95 Å². The van der Waals surface area contributed by atoms with Crippen molar-refractivity contribution in [3.8, 4) is 0 Å². The van der Waals surface area contributed by atoms with Gasteiger partial charge >= 0.3 is 0 Å². The molecule has 0 radical (unpaired) electrons. The molecule has 0 aliphatic carbocycles. The molecule has 1 fully saturated rings. The standard InChI is InChI=1S/C26H29Cl2N7O/c1-16-12-18(8-9-22(16)34-11-10-32(3)14-17(34)2)30-26-29-13-19-24(31-26)33(4)15-35(25(19)36)23-20(27)6-5-7-21(23)28/h5-9,12-13,17H,10-11,14-15H2,1-4H3,(H,29,30,31)/t17-/m1/s1. The summed E-state index contributed by atoms with van der Waals surface area (Å²) < 4.78 is 0. The number of halogens is 2. The van der Waals surface area contributed by atoms with E-state index in [-0.39, 0.29) is 12.6 Å². The van der Waals surface area contributed by atoms with E-state index in [4.69, 9.17) is 23.2 Å². The molecule has 2 aliphatic heterocycles. The average Bonchev–Trinajstić information content (AvgIpc) is 2.83. The molecule has 0 unspecified atom stereocenters. The van der Waals surface area contributed by atoms with Crippen LogP contribution >= 0.6 is 23.2 Å². The van der Waals surface area contributed by atoms with Crippen molar-refractivity contribution >= 4 is 57.9 Å². The van der Waals surface area contributed by atoms with Gasteiger partial charge in [-0.3, -0.25) is 9.69 Å². The van der Waals surface area contributed by atoms with Crippen molar-refractivity contribution in [2.75, 3.05) is 60.4 Å². The molecule has 0 bridgehead atoms. The van der Waals surface area contributed by atoms with Gasteiger partial charge in [-0.15, -0.1) is 0 Å². The lowest BCUT2D eigenvalue weighted by molar-refractivity contribution is 0.0982. The van der Waals surface area contributed by atoms with E-state index in [0.29, 0.717) is 39.1 Å². The van der Waals surface area contributed by atoms with Crippen LogP contribution in [0.4, 0.5) is 28.8 Å². The van der Waals surface area contributed by atoms with Gasteiger partial charge in [-0.25, -0.2) is 4.98 Å². The first-order valence-corrected chi connectivity index (χ1v) is 12.7. The second-order valence-corrected chi connectivity index (χ2v) is 10.3. The number of para-hydroxylation sites is 1. The highest BCUT2D eigenvalue weighted by atomic mass is 35.5. The molecule has 1 aromatic heterocycles. The van der Waals surface area contributed by atoms with Crippen molar-refractivity contribution in [3.63, 3.8) is 0 Å². The molecule has 1 atom stereocenters. The maximum Gasteiger partial charge on any atom is 0.265 e. The first-order chi connectivity index (χ1) is 17.2. The number of carbonyl (C=O) groups excluding carboxylic acids is 1. The second kappa shape index (κ2) is 9.76. The van der Waals surface area contributed by atoms with Crippen LogP contribution < -0.4 is 20.0 Å². The zero-order valence-electron chi connectivity index (χ0n) is 20.8. The Morgan fingerprint density at radius 2 is 1.83 bits per heavy atom. The van der Waals surface area contributed by atoms with Gasteiger partial charge in [0.1, 0.15) is 11.4 Å². The molecular weight excluding hydrogens is 497 g/mol. The Bertz CT molecular complexity index is 1300. The topological polar surface area (TPSA) is 67.8 Å². The highest BCUT2D eigenvalue weighted by Gasteiger charge is 2.32. The number of nitrogens with zero attached hydrogens (tertiary/aromatic N) is 6. The molecule has 10 heteroatoms. The molecule has 36 heavy (non-hydrogen) atoms. The van der Waals surface area contributed by atoms with Crippen molar-refractivity contribution in [3.05, 3.63) is 63.8 Å². The first-order valence-electron chi connectivity index (χ1n) is 11.9. The third-order valence-electron chi connectivity index (χ3n) is 6.76. The summed E-state index contributed by atoms with van der Waals surface area (Å²) in [6.45, 7) is 7.77. The van der Waals surface area contributed by atoms with E-state index in [9.17, 15) is 4.79 Å². The van der Waals surface area contributed by atoms with Gasteiger partial charge in [-0.2, -0.15) is 4.98 Å². The number of hydrogen-bond acceptors (Lipinski definition) is 7. The Labute approximate surface area is 221 Å². The summed E-state index contributed by atoms with van der Waals surface area (Å²) in [5.41, 5.74) is 4.20. The minimum absolute atomic E-state index is 0.244. The van der Waals surface area contributed by atoms with Crippen LogP contribution in [0.5, 0.6) is 0 Å². The zero-order valence-corrected chi connectivity index (χ0v) is 22.3. The molecule has 8 nitrogen and oxygen atoms in total. The summed E-state index contributed by atoms with van der Waals surface area (Å²) in [4.78, 5) is 30.6. The maximum absolute atomic E-state index is 13.3. The van der Waals surface area contributed by atoms with Gasteiger partial charge in [0, 0.05) is 50.3 Å². The number of aromatic nitrogens is 2. The molecule has 188 valence electrons. The minimum atomic E-state index is -0.244. The van der Waals surface area contributed by atoms with Crippen LogP contribution in [0.3, 0.4) is 0 Å². The van der Waals surface area contributed by atoms with Gasteiger partial charge < -0.3 is 20.0 Å². The average molecular weight is 526 g/mol. The Morgan fingerprint density at radius 1 is 1.08 bits per heavy atom. The van der Waals surface area contributed by atoms with Crippen molar-refractivity contribution in [1.82, 2.24) is 14.9 Å². The van der Waals surface area contributed by atoms with Crippen LogP contribution in [-0.2, 0) is 0 Å². The molecule has 1 saturated heterocycles. The first kappa shape index (κ1) is 24.6. The number of amides is 1. The van der Waals surface area contributed by atoms with E-state index in [1.54, 1.807) is 29.3 Å². The van der Waals surface area contributed by atoms with Crippen molar-refractivity contribution in [2.45, 2.75) is 19.9 Å². The van der Waals surface area contributed by atoms with Gasteiger partial charge in [-0.1, -0.05) is 29.3 Å². The quantitative estimate of drug-likeness (QED) is 0.512. The van der Waals surface area contributed by atoms with E-state index in [2.05, 4.69) is 58.1 Å². The van der Waals surface area contributed by atoms with E-state index in [1.807, 2.05) is 18.0 Å². The summed E-state index contributed by atoms with van der Waals surface area (Å²) in [6, 6.07) is 11.9. The lowest BCUT2D eigenvalue weighted by Crippen LogP contribution is -2.50. The van der Waals surface area contributed by atoms with Crippen molar-refractivity contribution in [2.24, 2.45) is 0 Å². The summed E-state index contributed by atoms with van der Waals surface area (Å²) in [5, 5.41) is 4.12. The van der Waals surface area contributed by atoms with E-state index >= 15 is 0 Å². The smallest absolute Gasteiger partial charge is 0.265 e. The fourth-order valence-corrected chi connectivity index (χ4v) is 5.57. The second-order valence-electron chi connectivity index (χ2n) is 9.50. The third-order valence-corrected chi connectivity index (χ3v) is 7.37. The molecule has 3 aromatic rings. The van der Waals surface area contributed by atoms with Crippen LogP contribution in [0.25, 0.3) is 0 Å². The number of fused-ring (bicyclic) bond motifs is 1. The lowest BCUT2D eigenvalue weighted by Gasteiger charge is -2.40. The normalized spacial score (nSPS) is 18.4. The van der Waals surface area contributed by atoms with Gasteiger partial charge in [0.05, 0.1) is 22.4 Å². The van der Waals surface area contributed by atoms with E-state index in [0.717, 1.165) is 25.3 Å². The van der Waals surface area contributed by atoms with Gasteiger partial charge in [0.15, 0.2) is 0 Å². The largest absolute Gasteiger partial charge is 0.366 e. The zero-order chi connectivity index (χ0) is 25.6. The number of hydrogen-bond donors (Lipinski definition) is 1. The van der Waals surface area contributed by atoms with E-state index in [1.165, 1.54) is 11.3 Å². The van der Waals surface area contributed by atoms with Crippen molar-refractivity contribution in [1.29, 1.82) is 0 Å². The lowest BCUT2D eigenvalue weighted by atomic mass is 10.1. The highest BCUT2D eigenvalue weighted by molar-refractivity contribution is 6.40. The molecule has 1 N–H and O–H groups in total. The molecule has 5 rings (SSSR count). The fraction of sp³-hybridized carbons (Fsp3) is 0.346. The summed E-state index contributed by atoms with van der Waals surface area (Å²) in [6.07, 6.45) is 1.55. The molecule has 3 heterocycles. The number of benzene rings is 2. The van der Waals surface area contributed by atoms with Gasteiger partial charge in [0.25, 0.3) is 5.91 Å². The Kier molecular flexibility index (Phi) is 6.68. The third kappa shape index (κ3) is 4.56. The Morgan fingerprint density at radius 3 is 2.53 bits per heavy atom. The number of nitrogens with one attached hydrogen (secondary N) is 1. The summed E-state index contributed by atoms with van der Waals surface area (Å²) in [7, 11) is 4.04. The fourth-order valence-electron chi connectivity index (χ4n) is 4.96. The monoisotopic (exact) mass is 525 g/mol. The van der Waals surface area contributed by atoms with Crippen LogP contribution in [0.1, 0.15) is 22.8 Å². The molecule has 1 amide bonds. The predicted octanol–water partition coefficient (Wildman–Crippen LogP) is 5.03. The molecule has 0 spiro atoms. The number of anilines is 5. The molecule has 2 aliphatic rings.